The Bertz CT molecular complexity index is 1500. The zero-order valence-electron chi connectivity index (χ0n) is 27.0. The maximum atomic E-state index is 13.9. The molecule has 2 aliphatic rings. The van der Waals surface area contributed by atoms with Gasteiger partial charge in [-0.25, -0.2) is 0 Å². The van der Waals surface area contributed by atoms with Crippen LogP contribution in [-0.2, 0) is 16.0 Å². The zero-order chi connectivity index (χ0) is 31.1. The number of thiophene rings is 3. The van der Waals surface area contributed by atoms with Gasteiger partial charge in [-0.05, 0) is 69.0 Å². The van der Waals surface area contributed by atoms with Crippen molar-refractivity contribution < 1.29 is 9.59 Å². The normalized spacial score (nSPS) is 15.1. The molecular weight excluding hydrogens is 601 g/mol. The zero-order valence-corrected chi connectivity index (χ0v) is 29.5. The molecule has 0 N–H and O–H groups in total. The van der Waals surface area contributed by atoms with Crippen molar-refractivity contribution >= 4 is 51.5 Å². The summed E-state index contributed by atoms with van der Waals surface area (Å²) >= 11 is 5.47. The van der Waals surface area contributed by atoms with Crippen molar-refractivity contribution in [2.75, 3.05) is 13.1 Å². The maximum Gasteiger partial charge on any atom is 0.261 e. The molecule has 0 fully saturated rings. The molecule has 0 saturated carbocycles. The molecule has 3 aromatic rings. The van der Waals surface area contributed by atoms with Gasteiger partial charge < -0.3 is 9.80 Å². The van der Waals surface area contributed by atoms with Crippen LogP contribution in [0.4, 0.5) is 0 Å². The second-order valence-electron chi connectivity index (χ2n) is 12.1. The molecule has 0 saturated heterocycles. The molecule has 7 heteroatoms. The van der Waals surface area contributed by atoms with Crippen LogP contribution >= 0.6 is 34.0 Å². The Balaban J connectivity index is 1.39. The van der Waals surface area contributed by atoms with E-state index in [0.717, 1.165) is 61.2 Å². The first-order chi connectivity index (χ1) is 21.5. The van der Waals surface area contributed by atoms with Gasteiger partial charge in [0.1, 0.15) is 0 Å². The number of hydrogen-bond donors (Lipinski definition) is 0. The van der Waals surface area contributed by atoms with Crippen molar-refractivity contribution in [3.63, 3.8) is 0 Å². The van der Waals surface area contributed by atoms with Crippen molar-refractivity contribution in [3.8, 4) is 19.5 Å². The van der Waals surface area contributed by atoms with Crippen molar-refractivity contribution in [1.29, 1.82) is 0 Å². The third-order valence-corrected chi connectivity index (χ3v) is 12.5. The van der Waals surface area contributed by atoms with Gasteiger partial charge in [0.15, 0.2) is 0 Å². The van der Waals surface area contributed by atoms with Gasteiger partial charge in [-0.15, -0.1) is 34.0 Å². The number of carbonyl (C=O) groups excluding carboxylic acids is 2. The molecule has 2 amide bonds. The minimum Gasteiger partial charge on any atom is -0.312 e. The molecule has 2 aliphatic heterocycles. The van der Waals surface area contributed by atoms with Gasteiger partial charge in [0.2, 0.25) is 0 Å². The van der Waals surface area contributed by atoms with Gasteiger partial charge >= 0.3 is 0 Å². The molecule has 0 aliphatic carbocycles. The summed E-state index contributed by atoms with van der Waals surface area (Å²) in [6, 6.07) is 13.3. The lowest BCUT2D eigenvalue weighted by Crippen LogP contribution is -2.30. The standard InChI is InChI=1S/C37H48N2O2S3/c1-5-8-11-14-17-27-18-19-28(42-27)29-20-21-30(43-29)31-22-23-32(44-31)35-34-33(36(40)39(35)25-16-13-10-7-3)26(4)38(37(34)41)24-15-12-9-6-2/h18-23H,5-17,24-25H2,1-4H3. The molecule has 236 valence electrons. The highest BCUT2D eigenvalue weighted by atomic mass is 32.1. The number of aryl methyl sites for hydroxylation is 1. The Labute approximate surface area is 276 Å². The Morgan fingerprint density at radius 3 is 1.61 bits per heavy atom. The van der Waals surface area contributed by atoms with Crippen molar-refractivity contribution in [3.05, 3.63) is 63.0 Å². The molecule has 0 spiro atoms. The first-order valence-corrected chi connectivity index (χ1v) is 19.3. The van der Waals surface area contributed by atoms with E-state index < -0.39 is 0 Å². The summed E-state index contributed by atoms with van der Waals surface area (Å²) in [5.41, 5.74) is 2.93. The van der Waals surface area contributed by atoms with E-state index in [0.29, 0.717) is 24.2 Å². The van der Waals surface area contributed by atoms with Crippen LogP contribution in [-0.4, -0.2) is 34.7 Å². The molecule has 5 rings (SSSR count). The van der Waals surface area contributed by atoms with Crippen LogP contribution in [0.2, 0.25) is 0 Å². The summed E-state index contributed by atoms with van der Waals surface area (Å²) in [4.78, 5) is 39.2. The van der Waals surface area contributed by atoms with Gasteiger partial charge in [0, 0.05) is 43.2 Å². The van der Waals surface area contributed by atoms with Crippen LogP contribution in [0.1, 0.15) is 114 Å². The number of carbonyl (C=O) groups is 2. The largest absolute Gasteiger partial charge is 0.312 e. The second-order valence-corrected chi connectivity index (χ2v) is 15.5. The highest BCUT2D eigenvalue weighted by molar-refractivity contribution is 7.26. The summed E-state index contributed by atoms with van der Waals surface area (Å²) in [5, 5.41) is 0. The maximum absolute atomic E-state index is 13.9. The first-order valence-electron chi connectivity index (χ1n) is 16.9. The number of hydrogen-bond acceptors (Lipinski definition) is 5. The predicted molar refractivity (Wildman–Crippen MR) is 190 cm³/mol. The van der Waals surface area contributed by atoms with E-state index in [4.69, 9.17) is 0 Å². The van der Waals surface area contributed by atoms with Gasteiger partial charge in [0.25, 0.3) is 11.8 Å². The number of rotatable bonds is 18. The fraction of sp³-hybridized carbons (Fsp3) is 0.514. The third kappa shape index (κ3) is 7.16. The lowest BCUT2D eigenvalue weighted by molar-refractivity contribution is -0.124. The average molecular weight is 649 g/mol. The van der Waals surface area contributed by atoms with E-state index in [-0.39, 0.29) is 11.8 Å². The van der Waals surface area contributed by atoms with Crippen molar-refractivity contribution in [2.45, 2.75) is 111 Å². The number of amides is 2. The van der Waals surface area contributed by atoms with Gasteiger partial charge in [-0.1, -0.05) is 78.6 Å². The van der Waals surface area contributed by atoms with Gasteiger partial charge in [-0.3, -0.25) is 9.59 Å². The second kappa shape index (κ2) is 15.7. The van der Waals surface area contributed by atoms with Gasteiger partial charge in [-0.2, -0.15) is 0 Å². The van der Waals surface area contributed by atoms with E-state index in [9.17, 15) is 9.59 Å². The van der Waals surface area contributed by atoms with Crippen LogP contribution < -0.4 is 0 Å². The minimum atomic E-state index is 0.00459. The number of allylic oxidation sites excluding steroid dienone is 1. The van der Waals surface area contributed by atoms with E-state index in [1.54, 1.807) is 11.3 Å². The quantitative estimate of drug-likeness (QED) is 0.129. The number of fused-ring (bicyclic) bond motifs is 1. The van der Waals surface area contributed by atoms with Crippen molar-refractivity contribution in [1.82, 2.24) is 9.80 Å². The summed E-state index contributed by atoms with van der Waals surface area (Å²) in [5.74, 6) is 0.00919. The van der Waals surface area contributed by atoms with Crippen LogP contribution in [0.5, 0.6) is 0 Å². The lowest BCUT2D eigenvalue weighted by atomic mass is 10.1. The molecule has 5 heterocycles. The first kappa shape index (κ1) is 32.9. The van der Waals surface area contributed by atoms with Crippen LogP contribution in [0, 0.1) is 0 Å². The minimum absolute atomic E-state index is 0.00459. The molecular formula is C37H48N2O2S3. The third-order valence-electron chi connectivity index (χ3n) is 8.78. The van der Waals surface area contributed by atoms with Gasteiger partial charge in [0.05, 0.1) is 21.7 Å². The Morgan fingerprint density at radius 2 is 1.00 bits per heavy atom. The summed E-state index contributed by atoms with van der Waals surface area (Å²) in [7, 11) is 0. The molecule has 4 nitrogen and oxygen atoms in total. The molecule has 0 bridgehead atoms. The van der Waals surface area contributed by atoms with Crippen LogP contribution in [0.3, 0.4) is 0 Å². The highest BCUT2D eigenvalue weighted by Crippen LogP contribution is 2.47. The Hall–Kier alpha value is -2.48. The lowest BCUT2D eigenvalue weighted by Gasteiger charge is -2.23. The van der Waals surface area contributed by atoms with Crippen LogP contribution in [0.25, 0.3) is 25.2 Å². The van der Waals surface area contributed by atoms with E-state index in [1.807, 2.05) is 39.4 Å². The van der Waals surface area contributed by atoms with Crippen molar-refractivity contribution in [2.24, 2.45) is 0 Å². The molecule has 3 aromatic heterocycles. The molecule has 0 unspecified atom stereocenters. The average Bonchev–Trinajstić information content (AvgIpc) is 3.85. The molecule has 44 heavy (non-hydrogen) atoms. The molecule has 0 radical (unpaired) electrons. The highest BCUT2D eigenvalue weighted by Gasteiger charge is 2.47. The fourth-order valence-corrected chi connectivity index (χ4v) is 9.57. The summed E-state index contributed by atoms with van der Waals surface area (Å²) in [6.45, 7) is 9.97. The Morgan fingerprint density at radius 1 is 0.523 bits per heavy atom. The Kier molecular flexibility index (Phi) is 11.7. The number of unbranched alkanes of at least 4 members (excludes halogenated alkanes) is 9. The topological polar surface area (TPSA) is 40.6 Å². The monoisotopic (exact) mass is 648 g/mol. The van der Waals surface area contributed by atoms with E-state index >= 15 is 0 Å². The predicted octanol–water partition coefficient (Wildman–Crippen LogP) is 11.2. The van der Waals surface area contributed by atoms with Crippen LogP contribution in [0.15, 0.2) is 53.2 Å². The van der Waals surface area contributed by atoms with E-state index in [1.165, 1.54) is 62.9 Å². The number of nitrogens with zero attached hydrogens (tertiary/aromatic N) is 2. The van der Waals surface area contributed by atoms with E-state index in [2.05, 4.69) is 57.2 Å². The summed E-state index contributed by atoms with van der Waals surface area (Å²) < 4.78 is 0. The SMILES string of the molecule is CCCCCCc1ccc(-c2ccc(-c3ccc(C4=C5C(=O)N(CCCCCC)C(C)=C5C(=O)N4CCCCCC)s3)s2)s1. The molecule has 0 atom stereocenters. The summed E-state index contributed by atoms with van der Waals surface area (Å²) in [6.07, 6.45) is 15.1. The molecule has 0 aromatic carbocycles. The smallest absolute Gasteiger partial charge is 0.261 e. The fourth-order valence-electron chi connectivity index (χ4n) is 6.27.